The molecule has 0 saturated heterocycles. The van der Waals surface area contributed by atoms with Gasteiger partial charge >= 0.3 is 5.97 Å². The van der Waals surface area contributed by atoms with Crippen LogP contribution in [0.5, 0.6) is 11.5 Å². The Labute approximate surface area is 171 Å². The number of aryl methyl sites for hydroxylation is 2. The third-order valence-corrected chi connectivity index (χ3v) is 6.59. The van der Waals surface area contributed by atoms with E-state index in [1.54, 1.807) is 6.07 Å². The largest absolute Gasteiger partial charge is 0.504 e. The lowest BCUT2D eigenvalue weighted by molar-refractivity contribution is -0.143. The lowest BCUT2D eigenvalue weighted by Crippen LogP contribution is -2.14. The minimum Gasteiger partial charge on any atom is -0.504 e. The average molecular weight is 405 g/mol. The second kappa shape index (κ2) is 9.06. The van der Waals surface area contributed by atoms with Crippen LogP contribution in [0.1, 0.15) is 81.8 Å². The zero-order valence-corrected chi connectivity index (χ0v) is 17.0. The maximum Gasteiger partial charge on any atom is 0.309 e. The van der Waals surface area contributed by atoms with Crippen molar-refractivity contribution in [3.63, 3.8) is 0 Å². The van der Waals surface area contributed by atoms with Crippen molar-refractivity contribution in [2.24, 2.45) is 5.41 Å². The summed E-state index contributed by atoms with van der Waals surface area (Å²) in [5, 5.41) is 29.4. The molecule has 2 aliphatic carbocycles. The Kier molecular flexibility index (Phi) is 6.70. The highest BCUT2D eigenvalue weighted by Gasteiger charge is 2.49. The monoisotopic (exact) mass is 404 g/mol. The number of phenolic OH excluding ortho intramolecular Hbond substituents is 2. The number of rotatable bonds is 14. The molecule has 0 atom stereocenters. The van der Waals surface area contributed by atoms with Crippen LogP contribution in [-0.2, 0) is 27.2 Å². The van der Waals surface area contributed by atoms with Gasteiger partial charge in [-0.25, -0.2) is 0 Å². The highest BCUT2D eigenvalue weighted by Crippen LogP contribution is 2.50. The Hall–Kier alpha value is -2.24. The number of carbonyl (C=O) groups is 2. The molecule has 1 aromatic carbocycles. The summed E-state index contributed by atoms with van der Waals surface area (Å²) in [6.45, 7) is 0.545. The maximum absolute atomic E-state index is 11.2. The lowest BCUT2D eigenvalue weighted by Gasteiger charge is -2.13. The summed E-state index contributed by atoms with van der Waals surface area (Å²) in [6.07, 6.45) is 11.1. The van der Waals surface area contributed by atoms with Gasteiger partial charge in [-0.05, 0) is 87.8 Å². The van der Waals surface area contributed by atoms with E-state index in [1.807, 2.05) is 6.07 Å². The van der Waals surface area contributed by atoms with Crippen molar-refractivity contribution in [2.75, 3.05) is 0 Å². The molecule has 0 aliphatic heterocycles. The Bertz CT molecular complexity index is 733. The van der Waals surface area contributed by atoms with E-state index in [9.17, 15) is 24.9 Å². The molecule has 0 heterocycles. The Balaban J connectivity index is 1.41. The normalized spacial score (nSPS) is 18.2. The number of carbonyl (C=O) groups excluding carboxylic acids is 1. The van der Waals surface area contributed by atoms with Gasteiger partial charge in [0, 0.05) is 0 Å². The van der Waals surface area contributed by atoms with E-state index in [1.165, 1.54) is 0 Å². The summed E-state index contributed by atoms with van der Waals surface area (Å²) in [5.41, 5.74) is 1.07. The smallest absolute Gasteiger partial charge is 0.309 e. The molecule has 0 aromatic heterocycles. The fraction of sp³-hybridized carbons (Fsp3) is 0.652. The van der Waals surface area contributed by atoms with E-state index in [2.05, 4.69) is 0 Å². The molecule has 1 aromatic rings. The van der Waals surface area contributed by atoms with Gasteiger partial charge < -0.3 is 20.1 Å². The van der Waals surface area contributed by atoms with Gasteiger partial charge in [-0.15, -0.1) is 0 Å². The van der Waals surface area contributed by atoms with Crippen molar-refractivity contribution in [1.82, 2.24) is 0 Å². The third kappa shape index (κ3) is 5.64. The molecular weight excluding hydrogens is 372 g/mol. The summed E-state index contributed by atoms with van der Waals surface area (Å²) in [7, 11) is 0. The molecule has 2 fully saturated rings. The number of hydrogen-bond donors (Lipinski definition) is 3. The van der Waals surface area contributed by atoms with Gasteiger partial charge in [-0.1, -0.05) is 18.9 Å². The van der Waals surface area contributed by atoms with Gasteiger partial charge in [0.15, 0.2) is 11.5 Å². The molecule has 6 nitrogen and oxygen atoms in total. The van der Waals surface area contributed by atoms with E-state index in [0.717, 1.165) is 88.2 Å². The van der Waals surface area contributed by atoms with Gasteiger partial charge in [0.25, 0.3) is 6.47 Å². The Morgan fingerprint density at radius 1 is 0.966 bits per heavy atom. The summed E-state index contributed by atoms with van der Waals surface area (Å²) in [5.74, 6) is -0.796. The van der Waals surface area contributed by atoms with Crippen molar-refractivity contribution in [3.8, 4) is 11.5 Å². The van der Waals surface area contributed by atoms with Gasteiger partial charge in [0.1, 0.15) is 5.60 Å². The van der Waals surface area contributed by atoms with Crippen molar-refractivity contribution in [2.45, 2.75) is 89.1 Å². The average Bonchev–Trinajstić information content (AvgIpc) is 3.60. The number of aromatic hydroxyl groups is 2. The van der Waals surface area contributed by atoms with Crippen LogP contribution in [0.25, 0.3) is 0 Å². The first-order chi connectivity index (χ1) is 13.9. The fourth-order valence-electron chi connectivity index (χ4n) is 4.20. The standard InChI is InChI=1S/C23H32O6/c24-16-29-23(12-13-23)9-5-3-6-17-14-18(20(26)19(25)15-17)7-2-1-4-8-22(10-11-22)21(27)28/h14-16,25-26H,1-13H2,(H,27,28). The zero-order valence-electron chi connectivity index (χ0n) is 17.0. The SMILES string of the molecule is O=COC1(CCCCc2cc(O)c(O)c(CCCCCC3(C(=O)O)CC3)c2)CC1. The van der Waals surface area contributed by atoms with Gasteiger partial charge in [0.2, 0.25) is 0 Å². The van der Waals surface area contributed by atoms with Crippen LogP contribution in [0.4, 0.5) is 0 Å². The number of hydrogen-bond acceptors (Lipinski definition) is 5. The summed E-state index contributed by atoms with van der Waals surface area (Å²) in [6, 6.07) is 3.58. The minimum atomic E-state index is -0.668. The molecule has 29 heavy (non-hydrogen) atoms. The number of carboxylic acid groups (broad SMARTS) is 1. The summed E-state index contributed by atoms with van der Waals surface area (Å²) >= 11 is 0. The van der Waals surface area contributed by atoms with Crippen LogP contribution in [0.3, 0.4) is 0 Å². The van der Waals surface area contributed by atoms with E-state index in [4.69, 9.17) is 4.74 Å². The van der Waals surface area contributed by atoms with Crippen molar-refractivity contribution in [3.05, 3.63) is 23.3 Å². The fourth-order valence-corrected chi connectivity index (χ4v) is 4.20. The predicted molar refractivity (Wildman–Crippen MR) is 108 cm³/mol. The van der Waals surface area contributed by atoms with E-state index < -0.39 is 11.4 Å². The molecule has 0 unspecified atom stereocenters. The first kappa shape index (κ1) is 21.5. The molecule has 0 spiro atoms. The number of benzene rings is 1. The molecule has 2 aliphatic rings. The number of aliphatic carboxylic acids is 1. The first-order valence-corrected chi connectivity index (χ1v) is 10.8. The molecular formula is C23H32O6. The number of unbranched alkanes of at least 4 members (excludes halogenated alkanes) is 3. The van der Waals surface area contributed by atoms with Crippen LogP contribution in [-0.4, -0.2) is 33.4 Å². The van der Waals surface area contributed by atoms with E-state index in [-0.39, 0.29) is 17.1 Å². The van der Waals surface area contributed by atoms with Crippen LogP contribution < -0.4 is 0 Å². The van der Waals surface area contributed by atoms with Gasteiger partial charge in [-0.2, -0.15) is 0 Å². The number of ether oxygens (including phenoxy) is 1. The van der Waals surface area contributed by atoms with Crippen LogP contribution >= 0.6 is 0 Å². The second-order valence-electron chi connectivity index (χ2n) is 8.87. The molecule has 6 heteroatoms. The van der Waals surface area contributed by atoms with Crippen molar-refractivity contribution < 1.29 is 29.6 Å². The molecule has 3 N–H and O–H groups in total. The highest BCUT2D eigenvalue weighted by atomic mass is 16.5. The third-order valence-electron chi connectivity index (χ3n) is 6.59. The Morgan fingerprint density at radius 2 is 1.66 bits per heavy atom. The molecule has 0 bridgehead atoms. The van der Waals surface area contributed by atoms with E-state index >= 15 is 0 Å². The molecule has 0 amide bonds. The maximum atomic E-state index is 11.2. The predicted octanol–water partition coefficient (Wildman–Crippen LogP) is 4.48. The van der Waals surface area contributed by atoms with Gasteiger partial charge in [0.05, 0.1) is 5.41 Å². The lowest BCUT2D eigenvalue weighted by atomic mass is 9.96. The topological polar surface area (TPSA) is 104 Å². The zero-order chi connectivity index (χ0) is 20.9. The number of phenols is 2. The summed E-state index contributed by atoms with van der Waals surface area (Å²) in [4.78, 5) is 21.7. The van der Waals surface area contributed by atoms with Crippen LogP contribution in [0.2, 0.25) is 0 Å². The molecule has 160 valence electrons. The molecule has 2 saturated carbocycles. The first-order valence-electron chi connectivity index (χ1n) is 10.8. The molecule has 3 rings (SSSR count). The van der Waals surface area contributed by atoms with Crippen LogP contribution in [0.15, 0.2) is 12.1 Å². The Morgan fingerprint density at radius 3 is 2.28 bits per heavy atom. The summed E-state index contributed by atoms with van der Waals surface area (Å²) < 4.78 is 5.16. The quantitative estimate of drug-likeness (QED) is 0.240. The second-order valence-corrected chi connectivity index (χ2v) is 8.87. The highest BCUT2D eigenvalue weighted by molar-refractivity contribution is 5.77. The van der Waals surface area contributed by atoms with Crippen molar-refractivity contribution in [1.29, 1.82) is 0 Å². The minimum absolute atomic E-state index is 0.0470. The van der Waals surface area contributed by atoms with Crippen LogP contribution in [0, 0.1) is 5.41 Å². The molecule has 0 radical (unpaired) electrons. The van der Waals surface area contributed by atoms with Gasteiger partial charge in [-0.3, -0.25) is 9.59 Å². The number of carboxylic acids is 1. The van der Waals surface area contributed by atoms with E-state index in [0.29, 0.717) is 12.9 Å². The van der Waals surface area contributed by atoms with Crippen molar-refractivity contribution >= 4 is 12.4 Å².